The van der Waals surface area contributed by atoms with E-state index in [2.05, 4.69) is 5.32 Å². The zero-order valence-corrected chi connectivity index (χ0v) is 16.1. The first-order chi connectivity index (χ1) is 13.9. The van der Waals surface area contributed by atoms with Gasteiger partial charge in [-0.2, -0.15) is 5.26 Å². The van der Waals surface area contributed by atoms with Crippen LogP contribution in [0.4, 0.5) is 11.4 Å². The number of furan rings is 1. The maximum atomic E-state index is 12.4. The average molecular weight is 428 g/mol. The van der Waals surface area contributed by atoms with Gasteiger partial charge in [-0.1, -0.05) is 35.3 Å². The highest BCUT2D eigenvalue weighted by atomic mass is 35.5. The van der Waals surface area contributed by atoms with E-state index in [1.54, 1.807) is 42.5 Å². The van der Waals surface area contributed by atoms with Crippen molar-refractivity contribution in [3.8, 4) is 17.4 Å². The van der Waals surface area contributed by atoms with Gasteiger partial charge in [-0.3, -0.25) is 14.9 Å². The van der Waals surface area contributed by atoms with E-state index in [4.69, 9.17) is 27.6 Å². The van der Waals surface area contributed by atoms with Crippen LogP contribution in [-0.4, -0.2) is 10.8 Å². The van der Waals surface area contributed by atoms with Crippen molar-refractivity contribution in [1.82, 2.24) is 0 Å². The fourth-order valence-corrected chi connectivity index (χ4v) is 2.79. The highest BCUT2D eigenvalue weighted by molar-refractivity contribution is 6.34. The van der Waals surface area contributed by atoms with Crippen molar-refractivity contribution in [3.05, 3.63) is 86.1 Å². The highest BCUT2D eigenvalue weighted by Gasteiger charge is 2.16. The molecule has 1 heterocycles. The number of benzene rings is 2. The molecule has 0 fully saturated rings. The lowest BCUT2D eigenvalue weighted by molar-refractivity contribution is -0.384. The van der Waals surface area contributed by atoms with Crippen LogP contribution in [0.25, 0.3) is 17.4 Å². The summed E-state index contributed by atoms with van der Waals surface area (Å²) in [5.41, 5.74) is 0.249. The molecule has 3 rings (SSSR count). The molecule has 9 heteroatoms. The van der Waals surface area contributed by atoms with Crippen LogP contribution in [0, 0.1) is 21.4 Å². The summed E-state index contributed by atoms with van der Waals surface area (Å²) in [6.45, 7) is 0. The number of hydrogen-bond acceptors (Lipinski definition) is 5. The van der Waals surface area contributed by atoms with E-state index in [9.17, 15) is 20.2 Å². The molecule has 0 bridgehead atoms. The van der Waals surface area contributed by atoms with Crippen molar-refractivity contribution >= 4 is 46.6 Å². The van der Waals surface area contributed by atoms with E-state index < -0.39 is 10.8 Å². The lowest BCUT2D eigenvalue weighted by Gasteiger charge is -2.06. The minimum Gasteiger partial charge on any atom is -0.457 e. The van der Waals surface area contributed by atoms with Gasteiger partial charge in [0.2, 0.25) is 0 Å². The summed E-state index contributed by atoms with van der Waals surface area (Å²) in [5, 5.41) is 23.3. The molecule has 0 aliphatic rings. The Morgan fingerprint density at radius 3 is 2.66 bits per heavy atom. The molecule has 7 nitrogen and oxygen atoms in total. The predicted octanol–water partition coefficient (Wildman–Crippen LogP) is 5.71. The number of anilines is 1. The number of nitro benzene ring substituents is 1. The molecule has 1 N–H and O–H groups in total. The largest absolute Gasteiger partial charge is 0.457 e. The van der Waals surface area contributed by atoms with Crippen LogP contribution >= 0.6 is 23.2 Å². The first kappa shape index (κ1) is 20.1. The van der Waals surface area contributed by atoms with Crippen molar-refractivity contribution < 1.29 is 14.1 Å². The number of hydrogen-bond donors (Lipinski definition) is 1. The standard InChI is InChI=1S/C20H11Cl2N3O4/c21-14-3-1-2-12(8-14)19-7-5-16(29-19)9-13(11-23)20(26)24-18-10-15(25(27)28)4-6-17(18)22/h1-10H,(H,24,26)/b13-9+. The quantitative estimate of drug-likeness (QED) is 0.242. The Balaban J connectivity index is 1.84. The second-order valence-electron chi connectivity index (χ2n) is 5.76. The molecule has 144 valence electrons. The number of nitrogens with one attached hydrogen (secondary N) is 1. The van der Waals surface area contributed by atoms with Crippen LogP contribution in [0.15, 0.2) is 64.6 Å². The molecular formula is C20H11Cl2N3O4. The fraction of sp³-hybridized carbons (Fsp3) is 0. The Morgan fingerprint density at radius 1 is 1.17 bits per heavy atom. The van der Waals surface area contributed by atoms with Crippen molar-refractivity contribution in [2.75, 3.05) is 5.32 Å². The zero-order chi connectivity index (χ0) is 21.0. The lowest BCUT2D eigenvalue weighted by atomic mass is 10.2. The molecule has 0 unspecified atom stereocenters. The summed E-state index contributed by atoms with van der Waals surface area (Å²) in [6.07, 6.45) is 1.26. The molecule has 0 saturated heterocycles. The van der Waals surface area contributed by atoms with Crippen molar-refractivity contribution in [2.24, 2.45) is 0 Å². The summed E-state index contributed by atoms with van der Waals surface area (Å²) in [6, 6.07) is 15.7. The normalized spacial score (nSPS) is 11.0. The molecule has 0 aliphatic carbocycles. The molecular weight excluding hydrogens is 417 g/mol. The van der Waals surface area contributed by atoms with Gasteiger partial charge in [-0.25, -0.2) is 0 Å². The summed E-state index contributed by atoms with van der Waals surface area (Å²) in [5.74, 6) is 0.00518. The molecule has 0 aliphatic heterocycles. The first-order valence-electron chi connectivity index (χ1n) is 8.10. The molecule has 29 heavy (non-hydrogen) atoms. The van der Waals surface area contributed by atoms with E-state index in [0.29, 0.717) is 10.8 Å². The summed E-state index contributed by atoms with van der Waals surface area (Å²) < 4.78 is 5.65. The zero-order valence-electron chi connectivity index (χ0n) is 14.6. The Labute approximate surface area is 174 Å². The third kappa shape index (κ3) is 4.82. The van der Waals surface area contributed by atoms with E-state index in [1.165, 1.54) is 18.2 Å². The molecule has 1 amide bonds. The van der Waals surface area contributed by atoms with Crippen LogP contribution in [0.2, 0.25) is 10.0 Å². The maximum Gasteiger partial charge on any atom is 0.271 e. The van der Waals surface area contributed by atoms with E-state index >= 15 is 0 Å². The minimum atomic E-state index is -0.782. The topological polar surface area (TPSA) is 109 Å². The third-order valence-electron chi connectivity index (χ3n) is 3.80. The highest BCUT2D eigenvalue weighted by Crippen LogP contribution is 2.28. The number of carbonyl (C=O) groups is 1. The fourth-order valence-electron chi connectivity index (χ4n) is 2.43. The Hall–Kier alpha value is -3.60. The second-order valence-corrected chi connectivity index (χ2v) is 6.60. The van der Waals surface area contributed by atoms with Gasteiger partial charge in [0.1, 0.15) is 23.2 Å². The van der Waals surface area contributed by atoms with E-state index in [1.807, 2.05) is 0 Å². The molecule has 0 atom stereocenters. The Morgan fingerprint density at radius 2 is 1.97 bits per heavy atom. The molecule has 2 aromatic carbocycles. The number of halogens is 2. The minimum absolute atomic E-state index is 0.0195. The first-order valence-corrected chi connectivity index (χ1v) is 8.86. The van der Waals surface area contributed by atoms with Crippen LogP contribution < -0.4 is 5.32 Å². The number of nitro groups is 1. The molecule has 1 aromatic heterocycles. The molecule has 0 radical (unpaired) electrons. The van der Waals surface area contributed by atoms with Gasteiger partial charge < -0.3 is 9.73 Å². The SMILES string of the molecule is N#C/C(=C\c1ccc(-c2cccc(Cl)c2)o1)C(=O)Nc1cc([N+](=O)[O-])ccc1Cl. The summed E-state index contributed by atoms with van der Waals surface area (Å²) in [4.78, 5) is 22.7. The van der Waals surface area contributed by atoms with E-state index in [0.717, 1.165) is 11.6 Å². The van der Waals surface area contributed by atoms with Crippen LogP contribution in [0.1, 0.15) is 5.76 Å². The molecule has 0 saturated carbocycles. The number of rotatable bonds is 5. The molecule has 3 aromatic rings. The van der Waals surface area contributed by atoms with Crippen LogP contribution in [0.3, 0.4) is 0 Å². The second kappa shape index (κ2) is 8.61. The number of nitrogens with zero attached hydrogens (tertiary/aromatic N) is 2. The van der Waals surface area contributed by atoms with Crippen LogP contribution in [-0.2, 0) is 4.79 Å². The number of non-ortho nitro benzene ring substituents is 1. The van der Waals surface area contributed by atoms with Crippen molar-refractivity contribution in [3.63, 3.8) is 0 Å². The monoisotopic (exact) mass is 427 g/mol. The van der Waals surface area contributed by atoms with Gasteiger partial charge in [0.15, 0.2) is 0 Å². The van der Waals surface area contributed by atoms with Gasteiger partial charge in [0, 0.05) is 28.8 Å². The van der Waals surface area contributed by atoms with Crippen molar-refractivity contribution in [1.29, 1.82) is 5.26 Å². The maximum absolute atomic E-state index is 12.4. The summed E-state index contributed by atoms with van der Waals surface area (Å²) in [7, 11) is 0. The van der Waals surface area contributed by atoms with Gasteiger partial charge in [-0.05, 0) is 30.3 Å². The van der Waals surface area contributed by atoms with Gasteiger partial charge in [-0.15, -0.1) is 0 Å². The van der Waals surface area contributed by atoms with Crippen LogP contribution in [0.5, 0.6) is 0 Å². The van der Waals surface area contributed by atoms with E-state index in [-0.39, 0.29) is 27.7 Å². The average Bonchev–Trinajstić information content (AvgIpc) is 3.16. The lowest BCUT2D eigenvalue weighted by Crippen LogP contribution is -2.13. The van der Waals surface area contributed by atoms with Gasteiger partial charge >= 0.3 is 0 Å². The number of nitriles is 1. The third-order valence-corrected chi connectivity index (χ3v) is 4.36. The van der Waals surface area contributed by atoms with Gasteiger partial charge in [0.05, 0.1) is 15.6 Å². The van der Waals surface area contributed by atoms with Gasteiger partial charge in [0.25, 0.3) is 11.6 Å². The predicted molar refractivity (Wildman–Crippen MR) is 109 cm³/mol. The number of amides is 1. The molecule has 0 spiro atoms. The number of carbonyl (C=O) groups excluding carboxylic acids is 1. The summed E-state index contributed by atoms with van der Waals surface area (Å²) >= 11 is 11.9. The Bertz CT molecular complexity index is 1180. The Kier molecular flexibility index (Phi) is 5.98. The smallest absolute Gasteiger partial charge is 0.271 e. The van der Waals surface area contributed by atoms with Crippen molar-refractivity contribution in [2.45, 2.75) is 0 Å².